The number of amides is 1. The van der Waals surface area contributed by atoms with Crippen molar-refractivity contribution >= 4 is 12.1 Å². The third kappa shape index (κ3) is 6.60. The van der Waals surface area contributed by atoms with Crippen molar-refractivity contribution in [2.24, 2.45) is 5.92 Å². The second kappa shape index (κ2) is 8.70. The van der Waals surface area contributed by atoms with Crippen molar-refractivity contribution in [2.75, 3.05) is 6.61 Å². The van der Waals surface area contributed by atoms with E-state index in [9.17, 15) is 9.59 Å². The minimum atomic E-state index is -0.586. The Balaban J connectivity index is 2.58. The van der Waals surface area contributed by atoms with Gasteiger partial charge >= 0.3 is 12.1 Å². The second-order valence-corrected chi connectivity index (χ2v) is 6.76. The molecule has 1 N–H and O–H groups in total. The zero-order valence-electron chi connectivity index (χ0n) is 15.3. The standard InChI is InChI=1S/C17H28N2O5/c1-7-12(8-2)10-22-15(20)14-9-13(19-24-14)11(3)18-16(21)23-17(4,5)6/h9,11-12H,7-8,10H2,1-6H3,(H,18,21). The van der Waals surface area contributed by atoms with E-state index in [0.717, 1.165) is 12.8 Å². The van der Waals surface area contributed by atoms with Crippen LogP contribution < -0.4 is 5.32 Å². The van der Waals surface area contributed by atoms with Gasteiger partial charge in [0, 0.05) is 6.07 Å². The Kier molecular flexibility index (Phi) is 7.25. The summed E-state index contributed by atoms with van der Waals surface area (Å²) in [5.74, 6) is -0.192. The molecule has 7 heteroatoms. The van der Waals surface area contributed by atoms with Gasteiger partial charge in [0.05, 0.1) is 12.6 Å². The Morgan fingerprint density at radius 1 is 1.29 bits per heavy atom. The summed E-state index contributed by atoms with van der Waals surface area (Å²) in [7, 11) is 0. The molecule has 0 fully saturated rings. The molecular weight excluding hydrogens is 312 g/mol. The van der Waals surface area contributed by atoms with Crippen LogP contribution in [-0.2, 0) is 9.47 Å². The minimum absolute atomic E-state index is 0.0220. The van der Waals surface area contributed by atoms with Gasteiger partial charge in [0.25, 0.3) is 0 Å². The Morgan fingerprint density at radius 2 is 1.92 bits per heavy atom. The molecule has 1 rings (SSSR count). The first kappa shape index (κ1) is 20.0. The first-order chi connectivity index (χ1) is 11.2. The molecule has 1 amide bonds. The summed E-state index contributed by atoms with van der Waals surface area (Å²) in [5.41, 5.74) is -0.159. The molecule has 0 saturated heterocycles. The Hall–Kier alpha value is -2.05. The zero-order valence-corrected chi connectivity index (χ0v) is 15.3. The summed E-state index contributed by atoms with van der Waals surface area (Å²) in [6, 6.07) is 1.02. The lowest BCUT2D eigenvalue weighted by Crippen LogP contribution is -2.34. The fourth-order valence-electron chi connectivity index (χ4n) is 1.94. The molecule has 24 heavy (non-hydrogen) atoms. The number of rotatable bonds is 7. The number of hydrogen-bond donors (Lipinski definition) is 1. The summed E-state index contributed by atoms with van der Waals surface area (Å²) in [6.07, 6.45) is 1.33. The van der Waals surface area contributed by atoms with Gasteiger partial charge in [-0.05, 0) is 33.6 Å². The number of aromatic nitrogens is 1. The largest absolute Gasteiger partial charge is 0.459 e. The van der Waals surface area contributed by atoms with Gasteiger partial charge < -0.3 is 19.3 Å². The van der Waals surface area contributed by atoms with Gasteiger partial charge in [-0.15, -0.1) is 0 Å². The van der Waals surface area contributed by atoms with Crippen LogP contribution in [0.1, 0.15) is 76.7 Å². The molecule has 1 unspecified atom stereocenters. The lowest BCUT2D eigenvalue weighted by molar-refractivity contribution is 0.0386. The normalized spacial score (nSPS) is 12.8. The third-order valence-electron chi connectivity index (χ3n) is 3.51. The molecule has 1 aromatic heterocycles. The van der Waals surface area contributed by atoms with Crippen molar-refractivity contribution in [2.45, 2.75) is 66.0 Å². The van der Waals surface area contributed by atoms with Gasteiger partial charge in [0.2, 0.25) is 5.76 Å². The van der Waals surface area contributed by atoms with Crippen LogP contribution in [0.15, 0.2) is 10.6 Å². The van der Waals surface area contributed by atoms with Crippen LogP contribution in [-0.4, -0.2) is 29.4 Å². The van der Waals surface area contributed by atoms with E-state index in [1.807, 2.05) is 0 Å². The number of nitrogens with zero attached hydrogens (tertiary/aromatic N) is 1. The van der Waals surface area contributed by atoms with E-state index in [4.69, 9.17) is 14.0 Å². The van der Waals surface area contributed by atoms with E-state index in [2.05, 4.69) is 24.3 Å². The minimum Gasteiger partial charge on any atom is -0.459 e. The number of alkyl carbamates (subject to hydrolysis) is 1. The Bertz CT molecular complexity index is 543. The van der Waals surface area contributed by atoms with Crippen LogP contribution in [0.3, 0.4) is 0 Å². The van der Waals surface area contributed by atoms with E-state index >= 15 is 0 Å². The summed E-state index contributed by atoms with van der Waals surface area (Å²) < 4.78 is 15.4. The number of carbonyl (C=O) groups is 2. The molecule has 1 atom stereocenters. The summed E-state index contributed by atoms with van der Waals surface area (Å²) >= 11 is 0. The maximum Gasteiger partial charge on any atom is 0.408 e. The van der Waals surface area contributed by atoms with E-state index in [-0.39, 0.29) is 5.76 Å². The van der Waals surface area contributed by atoms with Crippen LogP contribution in [0.5, 0.6) is 0 Å². The number of nitrogens with one attached hydrogen (secondary N) is 1. The Morgan fingerprint density at radius 3 is 2.46 bits per heavy atom. The molecule has 0 aliphatic rings. The second-order valence-electron chi connectivity index (χ2n) is 6.76. The van der Waals surface area contributed by atoms with E-state index in [0.29, 0.717) is 18.2 Å². The van der Waals surface area contributed by atoms with Crippen LogP contribution in [0.25, 0.3) is 0 Å². The Labute approximate surface area is 143 Å². The number of hydrogen-bond acceptors (Lipinski definition) is 6. The summed E-state index contributed by atoms with van der Waals surface area (Å²) in [6.45, 7) is 11.5. The summed E-state index contributed by atoms with van der Waals surface area (Å²) in [5, 5.41) is 6.45. The highest BCUT2D eigenvalue weighted by Crippen LogP contribution is 2.16. The van der Waals surface area contributed by atoms with Crippen LogP contribution in [0, 0.1) is 5.92 Å². The molecule has 0 aromatic carbocycles. The predicted octanol–water partition coefficient (Wildman–Crippen LogP) is 3.85. The molecule has 0 aliphatic heterocycles. The maximum atomic E-state index is 12.0. The van der Waals surface area contributed by atoms with Gasteiger partial charge in [-0.3, -0.25) is 0 Å². The van der Waals surface area contributed by atoms with Crippen LogP contribution >= 0.6 is 0 Å². The monoisotopic (exact) mass is 340 g/mol. The summed E-state index contributed by atoms with van der Waals surface area (Å²) in [4.78, 5) is 23.7. The molecule has 7 nitrogen and oxygen atoms in total. The number of carbonyl (C=O) groups excluding carboxylic acids is 2. The zero-order chi connectivity index (χ0) is 18.3. The molecule has 136 valence electrons. The highest BCUT2D eigenvalue weighted by molar-refractivity contribution is 5.86. The molecule has 0 spiro atoms. The first-order valence-electron chi connectivity index (χ1n) is 8.29. The molecule has 0 aliphatic carbocycles. The van der Waals surface area contributed by atoms with Crippen molar-refractivity contribution in [1.82, 2.24) is 10.5 Å². The van der Waals surface area contributed by atoms with Crippen LogP contribution in [0.2, 0.25) is 0 Å². The quantitative estimate of drug-likeness (QED) is 0.758. The van der Waals surface area contributed by atoms with Crippen LogP contribution in [0.4, 0.5) is 4.79 Å². The molecule has 1 aromatic rings. The predicted molar refractivity (Wildman–Crippen MR) is 88.6 cm³/mol. The van der Waals surface area contributed by atoms with Crippen molar-refractivity contribution in [3.63, 3.8) is 0 Å². The molecular formula is C17H28N2O5. The smallest absolute Gasteiger partial charge is 0.408 e. The molecule has 1 heterocycles. The average molecular weight is 340 g/mol. The van der Waals surface area contributed by atoms with Crippen molar-refractivity contribution in [3.8, 4) is 0 Å². The van der Waals surface area contributed by atoms with E-state index in [1.54, 1.807) is 27.7 Å². The van der Waals surface area contributed by atoms with E-state index in [1.165, 1.54) is 6.07 Å². The average Bonchev–Trinajstić information content (AvgIpc) is 2.96. The van der Waals surface area contributed by atoms with Gasteiger partial charge in [-0.2, -0.15) is 0 Å². The number of ether oxygens (including phenoxy) is 2. The lowest BCUT2D eigenvalue weighted by atomic mass is 10.1. The van der Waals surface area contributed by atoms with Crippen molar-refractivity contribution in [1.29, 1.82) is 0 Å². The maximum absolute atomic E-state index is 12.0. The van der Waals surface area contributed by atoms with Gasteiger partial charge in [-0.1, -0.05) is 31.8 Å². The van der Waals surface area contributed by atoms with Gasteiger partial charge in [0.1, 0.15) is 11.3 Å². The highest BCUT2D eigenvalue weighted by Gasteiger charge is 2.22. The molecule has 0 radical (unpaired) electrons. The lowest BCUT2D eigenvalue weighted by Gasteiger charge is -2.21. The van der Waals surface area contributed by atoms with Crippen molar-refractivity contribution < 1.29 is 23.6 Å². The van der Waals surface area contributed by atoms with Crippen molar-refractivity contribution in [3.05, 3.63) is 17.5 Å². The fourth-order valence-corrected chi connectivity index (χ4v) is 1.94. The molecule has 0 saturated carbocycles. The third-order valence-corrected chi connectivity index (χ3v) is 3.51. The first-order valence-corrected chi connectivity index (χ1v) is 8.29. The topological polar surface area (TPSA) is 90.7 Å². The number of esters is 1. The van der Waals surface area contributed by atoms with Gasteiger partial charge in [-0.25, -0.2) is 9.59 Å². The molecule has 0 bridgehead atoms. The highest BCUT2D eigenvalue weighted by atomic mass is 16.6. The van der Waals surface area contributed by atoms with Gasteiger partial charge in [0.15, 0.2) is 0 Å². The fraction of sp³-hybridized carbons (Fsp3) is 0.706. The van der Waals surface area contributed by atoms with E-state index < -0.39 is 23.7 Å². The SMILES string of the molecule is CCC(CC)COC(=O)c1cc(C(C)NC(=O)OC(C)(C)C)no1.